The topological polar surface area (TPSA) is 21.3 Å². The van der Waals surface area contributed by atoms with Crippen LogP contribution in [-0.4, -0.2) is 25.8 Å². The molecule has 0 aliphatic heterocycles. The van der Waals surface area contributed by atoms with Gasteiger partial charge in [-0.15, -0.1) is 0 Å². The maximum atomic E-state index is 5.65. The second kappa shape index (κ2) is 8.16. The Kier molecular flexibility index (Phi) is 7.25. The molecule has 0 heterocycles. The molecule has 0 aromatic rings. The van der Waals surface area contributed by atoms with Crippen LogP contribution < -0.4 is 5.32 Å². The molecule has 1 fully saturated rings. The lowest BCUT2D eigenvalue weighted by Gasteiger charge is -2.38. The highest BCUT2D eigenvalue weighted by Crippen LogP contribution is 2.33. The molecule has 0 saturated heterocycles. The Labute approximate surface area is 114 Å². The van der Waals surface area contributed by atoms with Gasteiger partial charge in [0, 0.05) is 19.2 Å². The van der Waals surface area contributed by atoms with E-state index in [-0.39, 0.29) is 0 Å². The third-order valence-corrected chi connectivity index (χ3v) is 4.13. The van der Waals surface area contributed by atoms with Gasteiger partial charge < -0.3 is 10.1 Å². The van der Waals surface area contributed by atoms with Gasteiger partial charge in [0.2, 0.25) is 0 Å². The van der Waals surface area contributed by atoms with Gasteiger partial charge in [-0.1, -0.05) is 41.0 Å². The van der Waals surface area contributed by atoms with Crippen molar-refractivity contribution in [3.63, 3.8) is 0 Å². The zero-order chi connectivity index (χ0) is 13.5. The van der Waals surface area contributed by atoms with E-state index in [9.17, 15) is 0 Å². The van der Waals surface area contributed by atoms with E-state index in [4.69, 9.17) is 4.74 Å². The van der Waals surface area contributed by atoms with Crippen LogP contribution in [0.25, 0.3) is 0 Å². The summed E-state index contributed by atoms with van der Waals surface area (Å²) in [4.78, 5) is 0. The predicted molar refractivity (Wildman–Crippen MR) is 78.8 cm³/mol. The van der Waals surface area contributed by atoms with E-state index in [0.29, 0.717) is 12.0 Å². The van der Waals surface area contributed by atoms with Gasteiger partial charge in [-0.05, 0) is 36.5 Å². The molecular weight excluding hydrogens is 222 g/mol. The molecule has 108 valence electrons. The second-order valence-electron chi connectivity index (χ2n) is 6.86. The van der Waals surface area contributed by atoms with Crippen LogP contribution >= 0.6 is 0 Å². The highest BCUT2D eigenvalue weighted by Gasteiger charge is 2.29. The zero-order valence-electron chi connectivity index (χ0n) is 13.0. The van der Waals surface area contributed by atoms with E-state index in [0.717, 1.165) is 37.5 Å². The van der Waals surface area contributed by atoms with E-state index >= 15 is 0 Å². The van der Waals surface area contributed by atoms with Crippen molar-refractivity contribution in [1.29, 1.82) is 0 Å². The van der Waals surface area contributed by atoms with Crippen LogP contribution in [0.15, 0.2) is 0 Å². The lowest BCUT2D eigenvalue weighted by Crippen LogP contribution is -2.44. The van der Waals surface area contributed by atoms with Crippen LogP contribution in [0.3, 0.4) is 0 Å². The summed E-state index contributed by atoms with van der Waals surface area (Å²) in [5, 5.41) is 3.73. The average Bonchev–Trinajstić information content (AvgIpc) is 2.27. The molecule has 1 aliphatic carbocycles. The molecule has 0 aromatic heterocycles. The summed E-state index contributed by atoms with van der Waals surface area (Å²) in [6, 6.07) is 0.705. The fourth-order valence-corrected chi connectivity index (χ4v) is 3.07. The van der Waals surface area contributed by atoms with Crippen molar-refractivity contribution in [2.24, 2.45) is 23.7 Å². The van der Waals surface area contributed by atoms with Crippen LogP contribution in [0.4, 0.5) is 0 Å². The first-order valence-corrected chi connectivity index (χ1v) is 7.81. The minimum Gasteiger partial charge on any atom is -0.380 e. The maximum absolute atomic E-state index is 5.65. The van der Waals surface area contributed by atoms with E-state index < -0.39 is 0 Å². The minimum absolute atomic E-state index is 0.642. The molecule has 2 nitrogen and oxygen atoms in total. The summed E-state index contributed by atoms with van der Waals surface area (Å²) >= 11 is 0. The summed E-state index contributed by atoms with van der Waals surface area (Å²) in [5.41, 5.74) is 0. The first-order valence-electron chi connectivity index (χ1n) is 7.81. The fraction of sp³-hybridized carbons (Fsp3) is 1.00. The van der Waals surface area contributed by atoms with Crippen LogP contribution in [-0.2, 0) is 4.74 Å². The molecule has 1 aliphatic rings. The molecule has 0 radical (unpaired) electrons. The SMILES string of the molecule is CC(C)COCCNC1CC(C)CCC1C(C)C. The summed E-state index contributed by atoms with van der Waals surface area (Å²) in [7, 11) is 0. The van der Waals surface area contributed by atoms with Crippen molar-refractivity contribution in [1.82, 2.24) is 5.32 Å². The highest BCUT2D eigenvalue weighted by molar-refractivity contribution is 4.85. The molecule has 2 heteroatoms. The quantitative estimate of drug-likeness (QED) is 0.700. The van der Waals surface area contributed by atoms with Gasteiger partial charge in [-0.25, -0.2) is 0 Å². The monoisotopic (exact) mass is 255 g/mol. The molecule has 1 saturated carbocycles. The van der Waals surface area contributed by atoms with Gasteiger partial charge >= 0.3 is 0 Å². The standard InChI is InChI=1S/C16H33NO/c1-12(2)11-18-9-8-17-16-10-14(5)6-7-15(16)13(3)4/h12-17H,6-11H2,1-5H3. The van der Waals surface area contributed by atoms with E-state index in [1.807, 2.05) is 0 Å². The number of hydrogen-bond acceptors (Lipinski definition) is 2. The number of nitrogens with one attached hydrogen (secondary N) is 1. The summed E-state index contributed by atoms with van der Waals surface area (Å²) in [6.45, 7) is 14.3. The van der Waals surface area contributed by atoms with Gasteiger partial charge in [0.1, 0.15) is 0 Å². The first kappa shape index (κ1) is 16.0. The fourth-order valence-electron chi connectivity index (χ4n) is 3.07. The van der Waals surface area contributed by atoms with Crippen molar-refractivity contribution in [3.05, 3.63) is 0 Å². The molecule has 1 rings (SSSR count). The van der Waals surface area contributed by atoms with Gasteiger partial charge in [0.25, 0.3) is 0 Å². The molecule has 18 heavy (non-hydrogen) atoms. The molecule has 3 atom stereocenters. The molecule has 0 spiro atoms. The Morgan fingerprint density at radius 3 is 2.50 bits per heavy atom. The Hall–Kier alpha value is -0.0800. The molecule has 0 bridgehead atoms. The predicted octanol–water partition coefficient (Wildman–Crippen LogP) is 3.71. The lowest BCUT2D eigenvalue weighted by molar-refractivity contribution is 0.0998. The summed E-state index contributed by atoms with van der Waals surface area (Å²) < 4.78 is 5.65. The lowest BCUT2D eigenvalue weighted by atomic mass is 9.74. The van der Waals surface area contributed by atoms with E-state index in [1.54, 1.807) is 0 Å². The Morgan fingerprint density at radius 2 is 1.89 bits per heavy atom. The first-order chi connectivity index (χ1) is 8.50. The van der Waals surface area contributed by atoms with Crippen molar-refractivity contribution in [3.8, 4) is 0 Å². The van der Waals surface area contributed by atoms with Crippen molar-refractivity contribution >= 4 is 0 Å². The number of hydrogen-bond donors (Lipinski definition) is 1. The molecular formula is C16H33NO. The highest BCUT2D eigenvalue weighted by atomic mass is 16.5. The minimum atomic E-state index is 0.642. The van der Waals surface area contributed by atoms with Crippen LogP contribution in [0.1, 0.15) is 53.9 Å². The maximum Gasteiger partial charge on any atom is 0.0591 e. The third kappa shape index (κ3) is 5.71. The van der Waals surface area contributed by atoms with Crippen molar-refractivity contribution < 1.29 is 4.74 Å². The smallest absolute Gasteiger partial charge is 0.0591 e. The molecule has 0 aromatic carbocycles. The van der Waals surface area contributed by atoms with Crippen molar-refractivity contribution in [2.45, 2.75) is 59.9 Å². The van der Waals surface area contributed by atoms with E-state index in [1.165, 1.54) is 19.3 Å². The van der Waals surface area contributed by atoms with Crippen LogP contribution in [0.2, 0.25) is 0 Å². The van der Waals surface area contributed by atoms with Crippen molar-refractivity contribution in [2.75, 3.05) is 19.8 Å². The normalized spacial score (nSPS) is 29.2. The Balaban J connectivity index is 2.24. The number of ether oxygens (including phenoxy) is 1. The Bertz CT molecular complexity index is 215. The summed E-state index contributed by atoms with van der Waals surface area (Å²) in [5.74, 6) is 3.18. The van der Waals surface area contributed by atoms with E-state index in [2.05, 4.69) is 39.9 Å². The third-order valence-electron chi connectivity index (χ3n) is 4.13. The largest absolute Gasteiger partial charge is 0.380 e. The second-order valence-corrected chi connectivity index (χ2v) is 6.86. The van der Waals surface area contributed by atoms with Gasteiger partial charge in [0.15, 0.2) is 0 Å². The summed E-state index contributed by atoms with van der Waals surface area (Å²) in [6.07, 6.45) is 4.14. The van der Waals surface area contributed by atoms with Crippen LogP contribution in [0, 0.1) is 23.7 Å². The number of rotatable bonds is 7. The molecule has 3 unspecified atom stereocenters. The van der Waals surface area contributed by atoms with Gasteiger partial charge in [0.05, 0.1) is 6.61 Å². The molecule has 1 N–H and O–H groups in total. The molecule has 0 amide bonds. The average molecular weight is 255 g/mol. The Morgan fingerprint density at radius 1 is 1.17 bits per heavy atom. The van der Waals surface area contributed by atoms with Crippen LogP contribution in [0.5, 0.6) is 0 Å². The zero-order valence-corrected chi connectivity index (χ0v) is 13.0. The van der Waals surface area contributed by atoms with Gasteiger partial charge in [-0.2, -0.15) is 0 Å². The van der Waals surface area contributed by atoms with Gasteiger partial charge in [-0.3, -0.25) is 0 Å².